The van der Waals surface area contributed by atoms with Gasteiger partial charge in [0.15, 0.2) is 0 Å². The summed E-state index contributed by atoms with van der Waals surface area (Å²) in [5, 5.41) is 22.1. The molecule has 3 atom stereocenters. The number of nitrogens with zero attached hydrogens (tertiary/aromatic N) is 1. The number of aliphatic hydroxyl groups excluding tert-OH is 1. The number of aliphatic hydroxyl groups is 2. The van der Waals surface area contributed by atoms with Gasteiger partial charge in [0.2, 0.25) is 0 Å². The lowest BCUT2D eigenvalue weighted by atomic mass is 9.71. The molecule has 0 saturated heterocycles. The molecule has 0 aliphatic rings. The predicted octanol–water partition coefficient (Wildman–Crippen LogP) is 3.99. The van der Waals surface area contributed by atoms with Crippen LogP contribution in [0.4, 0.5) is 0 Å². The molecule has 0 amide bonds. The molecule has 3 aromatic carbocycles. The first-order valence-corrected chi connectivity index (χ1v) is 12.5. The third-order valence-electron chi connectivity index (χ3n) is 5.98. The van der Waals surface area contributed by atoms with Gasteiger partial charge in [0.05, 0.1) is 0 Å². The maximum atomic E-state index is 12.2. The molecule has 0 bridgehead atoms. The van der Waals surface area contributed by atoms with E-state index in [0.29, 0.717) is 13.0 Å². The quantitative estimate of drug-likeness (QED) is 0.332. The van der Waals surface area contributed by atoms with Crippen molar-refractivity contribution in [2.75, 3.05) is 39.5 Å². The highest BCUT2D eigenvalue weighted by atomic mass is 31.1. The van der Waals surface area contributed by atoms with Gasteiger partial charge in [-0.25, -0.2) is 0 Å². The van der Waals surface area contributed by atoms with E-state index < -0.39 is 5.60 Å². The molecule has 0 spiro atoms. The Morgan fingerprint density at radius 3 is 2.09 bits per heavy atom. The van der Waals surface area contributed by atoms with Crippen LogP contribution < -0.4 is 4.74 Å². The average Bonchev–Trinajstić information content (AvgIpc) is 2.87. The zero-order valence-electron chi connectivity index (χ0n) is 19.1. The van der Waals surface area contributed by atoms with Crippen LogP contribution in [0, 0.1) is 0 Å². The molecule has 0 aliphatic carbocycles. The van der Waals surface area contributed by atoms with Crippen LogP contribution >= 0.6 is 8.81 Å². The summed E-state index contributed by atoms with van der Waals surface area (Å²) in [6, 6.07) is 27.1. The first-order chi connectivity index (χ1) is 16.1. The van der Waals surface area contributed by atoms with Crippen LogP contribution in [-0.4, -0.2) is 59.5 Å². The number of ether oxygens (including phenoxy) is 1. The van der Waals surface area contributed by atoms with Crippen molar-refractivity contribution in [3.05, 3.63) is 102 Å². The minimum absolute atomic E-state index is 0.0257. The highest BCUT2D eigenvalue weighted by Gasteiger charge is 2.40. The van der Waals surface area contributed by atoms with Crippen LogP contribution in [0.25, 0.3) is 0 Å². The van der Waals surface area contributed by atoms with Gasteiger partial charge in [0.1, 0.15) is 18.0 Å². The molecule has 33 heavy (non-hydrogen) atoms. The summed E-state index contributed by atoms with van der Waals surface area (Å²) >= 11 is 0. The van der Waals surface area contributed by atoms with Crippen LogP contribution in [0.5, 0.6) is 5.75 Å². The fourth-order valence-electron chi connectivity index (χ4n) is 4.17. The minimum atomic E-state index is -1.31. The Morgan fingerprint density at radius 1 is 0.879 bits per heavy atom. The third kappa shape index (κ3) is 6.63. The molecule has 0 aliphatic heterocycles. The van der Waals surface area contributed by atoms with E-state index in [9.17, 15) is 10.2 Å². The zero-order chi connectivity index (χ0) is 23.5. The second-order valence-corrected chi connectivity index (χ2v) is 9.01. The van der Waals surface area contributed by atoms with Crippen molar-refractivity contribution in [1.29, 1.82) is 0 Å². The van der Waals surface area contributed by atoms with E-state index in [0.717, 1.165) is 41.7 Å². The maximum absolute atomic E-state index is 12.2. The van der Waals surface area contributed by atoms with Crippen LogP contribution in [0.2, 0.25) is 0 Å². The molecule has 0 aromatic heterocycles. The Kier molecular flexibility index (Phi) is 9.86. The molecular weight excluding hydrogens is 433 g/mol. The van der Waals surface area contributed by atoms with E-state index in [4.69, 9.17) is 9.63 Å². The van der Waals surface area contributed by atoms with Crippen molar-refractivity contribution in [2.24, 2.45) is 0 Å². The van der Waals surface area contributed by atoms with Gasteiger partial charge in [-0.1, -0.05) is 72.8 Å². The standard InChI is InChI=1S/C27H34NO4P/c1-28(18-21-33-31)17-20-32-25-14-12-24(13-15-25)27(30,23-10-6-3-7-11-23)26(16-19-29)22-8-4-2-5-9-22/h2-15,26,29-31,33H,16-21H2,1H3. The Hall–Kier alpha value is -2.27. The summed E-state index contributed by atoms with van der Waals surface area (Å²) in [7, 11) is 1.99. The monoisotopic (exact) mass is 467 g/mol. The number of benzene rings is 3. The van der Waals surface area contributed by atoms with E-state index in [1.807, 2.05) is 92.0 Å². The summed E-state index contributed by atoms with van der Waals surface area (Å²) < 4.78 is 5.90. The third-order valence-corrected chi connectivity index (χ3v) is 6.43. The first-order valence-electron chi connectivity index (χ1n) is 11.3. The lowest BCUT2D eigenvalue weighted by Crippen LogP contribution is -2.35. The Balaban J connectivity index is 1.86. The molecule has 3 aromatic rings. The number of hydrogen-bond acceptors (Lipinski definition) is 5. The van der Waals surface area contributed by atoms with Gasteiger partial charge in [-0.15, -0.1) is 0 Å². The van der Waals surface area contributed by atoms with Gasteiger partial charge in [-0.3, -0.25) is 0 Å². The maximum Gasteiger partial charge on any atom is 0.121 e. The predicted molar refractivity (Wildman–Crippen MR) is 135 cm³/mol. The topological polar surface area (TPSA) is 73.2 Å². The highest BCUT2D eigenvalue weighted by Crippen LogP contribution is 2.44. The number of hydrogen-bond donors (Lipinski definition) is 3. The molecule has 5 nitrogen and oxygen atoms in total. The minimum Gasteiger partial charge on any atom is -0.492 e. The zero-order valence-corrected chi connectivity index (χ0v) is 20.1. The second-order valence-electron chi connectivity index (χ2n) is 8.19. The van der Waals surface area contributed by atoms with E-state index in [1.54, 1.807) is 0 Å². The van der Waals surface area contributed by atoms with E-state index in [-0.39, 0.29) is 21.3 Å². The van der Waals surface area contributed by atoms with Crippen LogP contribution in [0.1, 0.15) is 29.0 Å². The summed E-state index contributed by atoms with van der Waals surface area (Å²) in [5.41, 5.74) is 1.20. The van der Waals surface area contributed by atoms with E-state index in [2.05, 4.69) is 4.90 Å². The van der Waals surface area contributed by atoms with Gasteiger partial charge in [0.25, 0.3) is 0 Å². The van der Waals surface area contributed by atoms with Gasteiger partial charge < -0.3 is 24.7 Å². The molecule has 176 valence electrons. The lowest BCUT2D eigenvalue weighted by molar-refractivity contribution is 0.0392. The normalized spacial score (nSPS) is 14.5. The van der Waals surface area contributed by atoms with Crippen molar-refractivity contribution in [3.63, 3.8) is 0 Å². The van der Waals surface area contributed by atoms with Crippen molar-refractivity contribution in [2.45, 2.75) is 17.9 Å². The molecule has 0 fully saturated rings. The second kappa shape index (κ2) is 12.8. The molecule has 0 heterocycles. The van der Waals surface area contributed by atoms with Gasteiger partial charge in [0, 0.05) is 40.6 Å². The molecule has 6 heteroatoms. The fourth-order valence-corrected chi connectivity index (χ4v) is 4.65. The van der Waals surface area contributed by atoms with E-state index in [1.165, 1.54) is 0 Å². The lowest BCUT2D eigenvalue weighted by Gasteiger charge is -2.38. The van der Waals surface area contributed by atoms with Gasteiger partial charge >= 0.3 is 0 Å². The SMILES string of the molecule is CN(CCOc1ccc(C(O)(c2ccccc2)C(CCO)c2ccccc2)cc1)CCPO. The Labute approximate surface area is 198 Å². The summed E-state index contributed by atoms with van der Waals surface area (Å²) in [6.45, 7) is 2.13. The molecule has 3 N–H and O–H groups in total. The van der Waals surface area contributed by atoms with Gasteiger partial charge in [-0.2, -0.15) is 0 Å². The van der Waals surface area contributed by atoms with Crippen molar-refractivity contribution in [1.82, 2.24) is 4.90 Å². The number of likely N-dealkylation sites (N-methyl/N-ethyl adjacent to an activating group) is 1. The Morgan fingerprint density at radius 2 is 1.48 bits per heavy atom. The summed E-state index contributed by atoms with van der Waals surface area (Å²) in [5.74, 6) is 0.420. The van der Waals surface area contributed by atoms with Crippen molar-refractivity contribution in [3.8, 4) is 5.75 Å². The van der Waals surface area contributed by atoms with Crippen LogP contribution in [0.3, 0.4) is 0 Å². The Bertz CT molecular complexity index is 939. The molecule has 0 saturated carbocycles. The van der Waals surface area contributed by atoms with Crippen molar-refractivity contribution < 1.29 is 19.8 Å². The summed E-state index contributed by atoms with van der Waals surface area (Å²) in [6.07, 6.45) is 1.20. The van der Waals surface area contributed by atoms with Crippen LogP contribution in [0.15, 0.2) is 84.9 Å². The summed E-state index contributed by atoms with van der Waals surface area (Å²) in [4.78, 5) is 11.1. The number of rotatable bonds is 13. The van der Waals surface area contributed by atoms with Gasteiger partial charge in [-0.05, 0) is 42.3 Å². The fraction of sp³-hybridized carbons (Fsp3) is 0.333. The highest BCUT2D eigenvalue weighted by molar-refractivity contribution is 7.31. The largest absolute Gasteiger partial charge is 0.492 e. The first kappa shape index (κ1) is 25.4. The molecule has 0 radical (unpaired) electrons. The molecule has 3 unspecified atom stereocenters. The molecule has 3 rings (SSSR count). The van der Waals surface area contributed by atoms with Crippen molar-refractivity contribution >= 4 is 8.81 Å². The molecular formula is C27H34NO4P. The average molecular weight is 468 g/mol. The van der Waals surface area contributed by atoms with Crippen LogP contribution in [-0.2, 0) is 5.60 Å². The van der Waals surface area contributed by atoms with E-state index >= 15 is 0 Å². The smallest absolute Gasteiger partial charge is 0.121 e.